The molecule has 0 unspecified atom stereocenters. The van der Waals surface area contributed by atoms with Crippen LogP contribution < -0.4 is 5.23 Å². The van der Waals surface area contributed by atoms with Gasteiger partial charge in [-0.2, -0.15) is 0 Å². The lowest BCUT2D eigenvalue weighted by Gasteiger charge is -2.33. The number of pyridine rings is 1. The Morgan fingerprint density at radius 1 is 1.21 bits per heavy atom. The SMILES string of the molecule is CON([O-])c1c(C)cccc1C(=O)N1CCC(=CC#Cc2cccc(C)n2)CC1. The molecule has 6 heteroatoms. The van der Waals surface area contributed by atoms with Crippen molar-refractivity contribution in [2.45, 2.75) is 26.7 Å². The standard InChI is InChI=1S/C23H24N3O3/c1-17-7-4-12-21(22(17)26(28)29-3)23(27)25-15-13-19(14-16-25)9-6-11-20-10-5-8-18(2)24-20/h4-5,7-10,12H,13-16H2,1-3H3/q-1. The monoisotopic (exact) mass is 390 g/mol. The minimum Gasteiger partial charge on any atom is -0.733 e. The Morgan fingerprint density at radius 3 is 2.62 bits per heavy atom. The minimum absolute atomic E-state index is 0.157. The topological polar surface area (TPSA) is 68.7 Å². The summed E-state index contributed by atoms with van der Waals surface area (Å²) in [4.78, 5) is 23.9. The highest BCUT2D eigenvalue weighted by Crippen LogP contribution is 2.27. The number of benzene rings is 1. The Labute approximate surface area is 171 Å². The van der Waals surface area contributed by atoms with Gasteiger partial charge in [0.1, 0.15) is 5.69 Å². The maximum Gasteiger partial charge on any atom is 0.256 e. The maximum absolute atomic E-state index is 13.0. The smallest absolute Gasteiger partial charge is 0.256 e. The molecule has 0 bridgehead atoms. The van der Waals surface area contributed by atoms with Crippen LogP contribution in [0, 0.1) is 30.9 Å². The summed E-state index contributed by atoms with van der Waals surface area (Å²) in [5.41, 5.74) is 4.22. The Bertz CT molecular complexity index is 978. The largest absolute Gasteiger partial charge is 0.733 e. The third-order valence-electron chi connectivity index (χ3n) is 4.87. The molecule has 1 amide bonds. The van der Waals surface area contributed by atoms with Crippen LogP contribution in [0.15, 0.2) is 48.0 Å². The average Bonchev–Trinajstić information content (AvgIpc) is 2.73. The van der Waals surface area contributed by atoms with Crippen LogP contribution in [0.1, 0.15) is 40.2 Å². The normalized spacial score (nSPS) is 13.5. The van der Waals surface area contributed by atoms with Crippen LogP contribution in [-0.4, -0.2) is 36.0 Å². The molecule has 1 aromatic heterocycles. The summed E-state index contributed by atoms with van der Waals surface area (Å²) in [6.45, 7) is 4.91. The number of para-hydroxylation sites is 1. The predicted molar refractivity (Wildman–Crippen MR) is 113 cm³/mol. The number of aryl methyl sites for hydroxylation is 2. The highest BCUT2D eigenvalue weighted by atomic mass is 16.9. The first kappa shape index (κ1) is 20.6. The molecule has 29 heavy (non-hydrogen) atoms. The van der Waals surface area contributed by atoms with Gasteiger partial charge in [-0.3, -0.25) is 9.63 Å². The first-order valence-electron chi connectivity index (χ1n) is 9.53. The first-order chi connectivity index (χ1) is 14.0. The van der Waals surface area contributed by atoms with E-state index in [4.69, 9.17) is 4.84 Å². The number of hydrogen-bond acceptors (Lipinski definition) is 5. The quantitative estimate of drug-likeness (QED) is 0.589. The second-order valence-electron chi connectivity index (χ2n) is 6.94. The van der Waals surface area contributed by atoms with Gasteiger partial charge < -0.3 is 15.3 Å². The van der Waals surface area contributed by atoms with Gasteiger partial charge in [-0.05, 0) is 62.4 Å². The van der Waals surface area contributed by atoms with Gasteiger partial charge in [-0.15, -0.1) is 0 Å². The van der Waals surface area contributed by atoms with E-state index in [1.54, 1.807) is 30.0 Å². The number of anilines is 1. The summed E-state index contributed by atoms with van der Waals surface area (Å²) in [7, 11) is 1.29. The molecule has 1 aliphatic rings. The molecule has 0 saturated carbocycles. The fourth-order valence-corrected chi connectivity index (χ4v) is 3.30. The van der Waals surface area contributed by atoms with E-state index in [0.717, 1.165) is 24.2 Å². The van der Waals surface area contributed by atoms with E-state index in [1.165, 1.54) is 12.7 Å². The molecule has 2 aromatic rings. The minimum atomic E-state index is -0.157. The fourth-order valence-electron chi connectivity index (χ4n) is 3.30. The van der Waals surface area contributed by atoms with Crippen LogP contribution in [0.5, 0.6) is 0 Å². The summed E-state index contributed by atoms with van der Waals surface area (Å²) in [6.07, 6.45) is 3.44. The maximum atomic E-state index is 13.0. The lowest BCUT2D eigenvalue weighted by Crippen LogP contribution is -2.37. The van der Waals surface area contributed by atoms with Gasteiger partial charge in [0.2, 0.25) is 0 Å². The molecule has 0 radical (unpaired) electrons. The fraction of sp³-hybridized carbons (Fsp3) is 0.304. The average molecular weight is 390 g/mol. The van der Waals surface area contributed by atoms with Crippen molar-refractivity contribution in [3.05, 3.63) is 75.8 Å². The number of nitrogens with zero attached hydrogens (tertiary/aromatic N) is 3. The Hall–Kier alpha value is -3.14. The molecule has 3 rings (SSSR count). The Morgan fingerprint density at radius 2 is 1.93 bits per heavy atom. The number of aromatic nitrogens is 1. The van der Waals surface area contributed by atoms with Gasteiger partial charge in [-0.25, -0.2) is 4.98 Å². The second kappa shape index (κ2) is 9.37. The number of likely N-dealkylation sites (tertiary alicyclic amines) is 1. The third kappa shape index (κ3) is 5.02. The number of carbonyl (C=O) groups excluding carboxylic acids is 1. The number of carbonyl (C=O) groups is 1. The van der Waals surface area contributed by atoms with Crippen molar-refractivity contribution in [3.63, 3.8) is 0 Å². The summed E-state index contributed by atoms with van der Waals surface area (Å²) < 4.78 is 0. The number of piperidine rings is 1. The van der Waals surface area contributed by atoms with Crippen molar-refractivity contribution >= 4 is 11.6 Å². The van der Waals surface area contributed by atoms with Crippen molar-refractivity contribution in [2.24, 2.45) is 0 Å². The molecule has 0 N–H and O–H groups in total. The number of hydrogen-bond donors (Lipinski definition) is 0. The molecule has 0 aliphatic carbocycles. The zero-order chi connectivity index (χ0) is 20.8. The molecule has 0 atom stereocenters. The summed E-state index contributed by atoms with van der Waals surface area (Å²) >= 11 is 0. The van der Waals surface area contributed by atoms with E-state index in [2.05, 4.69) is 16.8 Å². The summed E-state index contributed by atoms with van der Waals surface area (Å²) in [5.74, 6) is 5.97. The number of allylic oxidation sites excluding steroid dienone is 1. The van der Waals surface area contributed by atoms with Crippen LogP contribution in [0.3, 0.4) is 0 Å². The van der Waals surface area contributed by atoms with Crippen molar-refractivity contribution < 1.29 is 9.63 Å². The van der Waals surface area contributed by atoms with E-state index < -0.39 is 0 Å². The van der Waals surface area contributed by atoms with Crippen LogP contribution in [0.25, 0.3) is 0 Å². The molecule has 1 fully saturated rings. The molecular weight excluding hydrogens is 366 g/mol. The number of rotatable bonds is 3. The summed E-state index contributed by atoms with van der Waals surface area (Å²) in [6, 6.07) is 11.0. The number of amides is 1. The lowest BCUT2D eigenvalue weighted by atomic mass is 10.0. The van der Waals surface area contributed by atoms with Crippen molar-refractivity contribution in [3.8, 4) is 11.8 Å². The van der Waals surface area contributed by atoms with Gasteiger partial charge in [0.25, 0.3) is 5.91 Å². The molecule has 6 nitrogen and oxygen atoms in total. The zero-order valence-electron chi connectivity index (χ0n) is 16.9. The molecule has 2 heterocycles. The van der Waals surface area contributed by atoms with Crippen LogP contribution in [0.4, 0.5) is 5.69 Å². The third-order valence-corrected chi connectivity index (χ3v) is 4.87. The highest BCUT2D eigenvalue weighted by Gasteiger charge is 2.23. The Balaban J connectivity index is 1.67. The van der Waals surface area contributed by atoms with Gasteiger partial charge >= 0.3 is 0 Å². The predicted octanol–water partition coefficient (Wildman–Crippen LogP) is 3.78. The van der Waals surface area contributed by atoms with E-state index in [9.17, 15) is 10.0 Å². The van der Waals surface area contributed by atoms with Gasteiger partial charge in [0, 0.05) is 18.8 Å². The van der Waals surface area contributed by atoms with E-state index in [-0.39, 0.29) is 11.6 Å². The van der Waals surface area contributed by atoms with E-state index in [1.807, 2.05) is 31.2 Å². The summed E-state index contributed by atoms with van der Waals surface area (Å²) in [5, 5.41) is 12.4. The molecule has 1 saturated heterocycles. The Kier molecular flexibility index (Phi) is 6.65. The molecular formula is C23H24N3O3-. The van der Waals surface area contributed by atoms with Crippen molar-refractivity contribution in [1.29, 1.82) is 0 Å². The van der Waals surface area contributed by atoms with Crippen molar-refractivity contribution in [1.82, 2.24) is 9.88 Å². The second-order valence-corrected chi connectivity index (χ2v) is 6.94. The van der Waals surface area contributed by atoms with E-state index >= 15 is 0 Å². The van der Waals surface area contributed by atoms with Crippen molar-refractivity contribution in [2.75, 3.05) is 25.4 Å². The van der Waals surface area contributed by atoms with Crippen LogP contribution in [-0.2, 0) is 4.84 Å². The van der Waals surface area contributed by atoms with Gasteiger partial charge in [0.15, 0.2) is 0 Å². The molecule has 0 spiro atoms. The van der Waals surface area contributed by atoms with E-state index in [0.29, 0.717) is 29.4 Å². The lowest BCUT2D eigenvalue weighted by molar-refractivity contribution is 0.0742. The molecule has 1 aromatic carbocycles. The molecule has 150 valence electrons. The van der Waals surface area contributed by atoms with Crippen LogP contribution >= 0.6 is 0 Å². The van der Waals surface area contributed by atoms with Crippen LogP contribution in [0.2, 0.25) is 0 Å². The molecule has 1 aliphatic heterocycles. The highest BCUT2D eigenvalue weighted by molar-refractivity contribution is 6.00. The zero-order valence-corrected chi connectivity index (χ0v) is 16.9. The van der Waals surface area contributed by atoms with Gasteiger partial charge in [-0.1, -0.05) is 29.7 Å². The van der Waals surface area contributed by atoms with Gasteiger partial charge in [0.05, 0.1) is 18.4 Å². The first-order valence-corrected chi connectivity index (χ1v) is 9.53.